The summed E-state index contributed by atoms with van der Waals surface area (Å²) >= 11 is 0. The fourth-order valence-electron chi connectivity index (χ4n) is 4.08. The molecular weight excluding hydrogens is 442 g/mol. The molecule has 3 rings (SSSR count). The van der Waals surface area contributed by atoms with E-state index in [2.05, 4.69) is 15.5 Å². The van der Waals surface area contributed by atoms with Crippen LogP contribution in [0.4, 0.5) is 5.69 Å². The van der Waals surface area contributed by atoms with E-state index in [9.17, 15) is 9.59 Å². The van der Waals surface area contributed by atoms with Gasteiger partial charge in [-0.2, -0.15) is 0 Å². The Bertz CT molecular complexity index is 910. The summed E-state index contributed by atoms with van der Waals surface area (Å²) in [7, 11) is 0. The molecule has 1 atom stereocenters. The molecule has 0 aliphatic carbocycles. The molecule has 0 saturated carbocycles. The maximum absolute atomic E-state index is 12.8. The molecule has 190 valence electrons. The molecule has 1 saturated heterocycles. The third-order valence-electron chi connectivity index (χ3n) is 6.27. The minimum atomic E-state index is -0.263. The predicted octanol–water partition coefficient (Wildman–Crippen LogP) is 4.24. The Hall–Kier alpha value is -2.90. The zero-order chi connectivity index (χ0) is 25.0. The SMILES string of the molecule is CC(C)OCCCNC(=O)C1CCN(C(C)C(=O)Nc2ccc(OCc3ccccc3)cc2)CC1. The lowest BCUT2D eigenvalue weighted by Gasteiger charge is -2.34. The van der Waals surface area contributed by atoms with E-state index in [1.54, 1.807) is 0 Å². The van der Waals surface area contributed by atoms with Crippen LogP contribution in [0.2, 0.25) is 0 Å². The van der Waals surface area contributed by atoms with Crippen LogP contribution in [0.3, 0.4) is 0 Å². The number of carbonyl (C=O) groups is 2. The van der Waals surface area contributed by atoms with Gasteiger partial charge in [-0.3, -0.25) is 14.5 Å². The fourth-order valence-corrected chi connectivity index (χ4v) is 4.08. The van der Waals surface area contributed by atoms with Gasteiger partial charge in [-0.05, 0) is 83.0 Å². The largest absolute Gasteiger partial charge is 0.489 e. The van der Waals surface area contributed by atoms with Crippen LogP contribution in [-0.4, -0.2) is 55.1 Å². The smallest absolute Gasteiger partial charge is 0.241 e. The number of nitrogens with zero attached hydrogens (tertiary/aromatic N) is 1. The number of anilines is 1. The van der Waals surface area contributed by atoms with Crippen molar-refractivity contribution in [2.24, 2.45) is 5.92 Å². The van der Waals surface area contributed by atoms with E-state index in [-0.39, 0.29) is 29.9 Å². The lowest BCUT2D eigenvalue weighted by atomic mass is 9.95. The maximum Gasteiger partial charge on any atom is 0.241 e. The lowest BCUT2D eigenvalue weighted by molar-refractivity contribution is -0.127. The first-order valence-corrected chi connectivity index (χ1v) is 12.6. The number of hydrogen-bond acceptors (Lipinski definition) is 5. The van der Waals surface area contributed by atoms with Gasteiger partial charge in [0.2, 0.25) is 11.8 Å². The van der Waals surface area contributed by atoms with Gasteiger partial charge in [-0.25, -0.2) is 0 Å². The van der Waals surface area contributed by atoms with Crippen LogP contribution in [0, 0.1) is 5.92 Å². The molecule has 35 heavy (non-hydrogen) atoms. The minimum absolute atomic E-state index is 0.0101. The summed E-state index contributed by atoms with van der Waals surface area (Å²) in [5, 5.41) is 6.02. The molecule has 2 amide bonds. The highest BCUT2D eigenvalue weighted by molar-refractivity contribution is 5.94. The Labute approximate surface area is 209 Å². The average molecular weight is 482 g/mol. The van der Waals surface area contributed by atoms with Crippen molar-refractivity contribution in [1.82, 2.24) is 10.2 Å². The third-order valence-corrected chi connectivity index (χ3v) is 6.27. The Morgan fingerprint density at radius 2 is 1.69 bits per heavy atom. The molecule has 1 unspecified atom stereocenters. The average Bonchev–Trinajstić information content (AvgIpc) is 2.88. The van der Waals surface area contributed by atoms with Gasteiger partial charge >= 0.3 is 0 Å². The second-order valence-electron chi connectivity index (χ2n) is 9.34. The lowest BCUT2D eigenvalue weighted by Crippen LogP contribution is -2.48. The Kier molecular flexibility index (Phi) is 10.6. The van der Waals surface area contributed by atoms with Crippen LogP contribution < -0.4 is 15.4 Å². The third kappa shape index (κ3) is 9.00. The van der Waals surface area contributed by atoms with Crippen LogP contribution >= 0.6 is 0 Å². The molecule has 2 aromatic carbocycles. The van der Waals surface area contributed by atoms with Gasteiger partial charge in [0.05, 0.1) is 12.1 Å². The molecule has 7 heteroatoms. The first-order valence-electron chi connectivity index (χ1n) is 12.6. The first-order chi connectivity index (χ1) is 16.9. The van der Waals surface area contributed by atoms with E-state index in [0.717, 1.165) is 49.4 Å². The summed E-state index contributed by atoms with van der Waals surface area (Å²) in [5.41, 5.74) is 1.85. The van der Waals surface area contributed by atoms with E-state index >= 15 is 0 Å². The Morgan fingerprint density at radius 1 is 1.00 bits per heavy atom. The molecule has 2 aromatic rings. The molecule has 1 fully saturated rings. The molecule has 1 heterocycles. The van der Waals surface area contributed by atoms with Crippen LogP contribution in [0.5, 0.6) is 5.75 Å². The van der Waals surface area contributed by atoms with Gasteiger partial charge < -0.3 is 20.1 Å². The molecular formula is C28H39N3O4. The monoisotopic (exact) mass is 481 g/mol. The zero-order valence-corrected chi connectivity index (χ0v) is 21.2. The van der Waals surface area contributed by atoms with Gasteiger partial charge in [-0.15, -0.1) is 0 Å². The maximum atomic E-state index is 12.8. The number of ether oxygens (including phenoxy) is 2. The highest BCUT2D eigenvalue weighted by Crippen LogP contribution is 2.21. The first kappa shape index (κ1) is 26.7. The van der Waals surface area contributed by atoms with Gasteiger partial charge in [0.1, 0.15) is 12.4 Å². The van der Waals surface area contributed by atoms with Crippen molar-refractivity contribution in [3.05, 3.63) is 60.2 Å². The van der Waals surface area contributed by atoms with Crippen molar-refractivity contribution in [1.29, 1.82) is 0 Å². The van der Waals surface area contributed by atoms with Crippen molar-refractivity contribution < 1.29 is 19.1 Å². The molecule has 0 radical (unpaired) electrons. The van der Waals surface area contributed by atoms with Gasteiger partial charge in [0.15, 0.2) is 0 Å². The molecule has 0 spiro atoms. The summed E-state index contributed by atoms with van der Waals surface area (Å²) in [4.78, 5) is 27.4. The van der Waals surface area contributed by atoms with Crippen molar-refractivity contribution in [3.63, 3.8) is 0 Å². The second-order valence-corrected chi connectivity index (χ2v) is 9.34. The van der Waals surface area contributed by atoms with E-state index in [1.807, 2.05) is 75.4 Å². The van der Waals surface area contributed by atoms with Crippen molar-refractivity contribution >= 4 is 17.5 Å². The quantitative estimate of drug-likeness (QED) is 0.444. The molecule has 0 bridgehead atoms. The number of likely N-dealkylation sites (tertiary alicyclic amines) is 1. The number of carbonyl (C=O) groups excluding carboxylic acids is 2. The zero-order valence-electron chi connectivity index (χ0n) is 21.2. The summed E-state index contributed by atoms with van der Waals surface area (Å²) in [6.45, 7) is 9.20. The van der Waals surface area contributed by atoms with Crippen LogP contribution in [0.1, 0.15) is 45.6 Å². The number of rotatable bonds is 12. The second kappa shape index (κ2) is 13.9. The minimum Gasteiger partial charge on any atom is -0.489 e. The summed E-state index contributed by atoms with van der Waals surface area (Å²) in [5.74, 6) is 0.834. The normalized spacial score (nSPS) is 15.5. The number of nitrogens with one attached hydrogen (secondary N) is 2. The van der Waals surface area contributed by atoms with E-state index < -0.39 is 0 Å². The van der Waals surface area contributed by atoms with E-state index in [4.69, 9.17) is 9.47 Å². The Morgan fingerprint density at radius 3 is 2.34 bits per heavy atom. The highest BCUT2D eigenvalue weighted by Gasteiger charge is 2.29. The predicted molar refractivity (Wildman–Crippen MR) is 138 cm³/mol. The Balaban J connectivity index is 1.36. The summed E-state index contributed by atoms with van der Waals surface area (Å²) < 4.78 is 11.3. The van der Waals surface area contributed by atoms with E-state index in [0.29, 0.717) is 19.8 Å². The van der Waals surface area contributed by atoms with Crippen LogP contribution in [0.15, 0.2) is 54.6 Å². The fraction of sp³-hybridized carbons (Fsp3) is 0.500. The molecule has 1 aliphatic heterocycles. The molecule has 7 nitrogen and oxygen atoms in total. The van der Waals surface area contributed by atoms with Crippen LogP contribution in [-0.2, 0) is 20.9 Å². The number of benzene rings is 2. The highest BCUT2D eigenvalue weighted by atomic mass is 16.5. The van der Waals surface area contributed by atoms with Crippen molar-refractivity contribution in [2.75, 3.05) is 31.6 Å². The number of amides is 2. The van der Waals surface area contributed by atoms with Gasteiger partial charge in [0, 0.05) is 24.8 Å². The van der Waals surface area contributed by atoms with Gasteiger partial charge in [0.25, 0.3) is 0 Å². The van der Waals surface area contributed by atoms with Crippen molar-refractivity contribution in [2.45, 2.75) is 58.8 Å². The van der Waals surface area contributed by atoms with Crippen molar-refractivity contribution in [3.8, 4) is 5.75 Å². The summed E-state index contributed by atoms with van der Waals surface area (Å²) in [6, 6.07) is 17.2. The standard InChI is InChI=1S/C28H39N3O4/c1-21(2)34-19-7-16-29-28(33)24-14-17-31(18-15-24)22(3)27(32)30-25-10-12-26(13-11-25)35-20-23-8-5-4-6-9-23/h4-6,8-13,21-22,24H,7,14-20H2,1-3H3,(H,29,33)(H,30,32). The van der Waals surface area contributed by atoms with E-state index in [1.165, 1.54) is 0 Å². The number of hydrogen-bond donors (Lipinski definition) is 2. The summed E-state index contributed by atoms with van der Waals surface area (Å²) in [6.07, 6.45) is 2.56. The molecule has 1 aliphatic rings. The van der Waals surface area contributed by atoms with Gasteiger partial charge in [-0.1, -0.05) is 30.3 Å². The molecule has 0 aromatic heterocycles. The number of piperidine rings is 1. The molecule has 2 N–H and O–H groups in total. The van der Waals surface area contributed by atoms with Crippen LogP contribution in [0.25, 0.3) is 0 Å². The topological polar surface area (TPSA) is 79.9 Å².